The van der Waals surface area contributed by atoms with Crippen LogP contribution in [0.3, 0.4) is 0 Å². The Morgan fingerprint density at radius 1 is 1.38 bits per heavy atom. The van der Waals surface area contributed by atoms with E-state index in [1.807, 2.05) is 0 Å². The van der Waals surface area contributed by atoms with Crippen molar-refractivity contribution in [2.45, 2.75) is 5.03 Å². The van der Waals surface area contributed by atoms with Gasteiger partial charge in [0.25, 0.3) is 0 Å². The van der Waals surface area contributed by atoms with Gasteiger partial charge in [0, 0.05) is 6.26 Å². The molecule has 1 N–H and O–H groups in total. The number of hydrogen-bond donors (Lipinski definition) is 1. The Kier molecular flexibility index (Phi) is 2.28. The molecule has 1 aromatic heterocycles. The Morgan fingerprint density at radius 3 is 2.31 bits per heavy atom. The van der Waals surface area contributed by atoms with Gasteiger partial charge in [0.1, 0.15) is 0 Å². The van der Waals surface area contributed by atoms with E-state index in [1.54, 1.807) is 0 Å². The Morgan fingerprint density at radius 2 is 2.00 bits per heavy atom. The Labute approximate surface area is 74.2 Å². The summed E-state index contributed by atoms with van der Waals surface area (Å²) < 4.78 is 21.7. The van der Waals surface area contributed by atoms with Crippen molar-refractivity contribution in [2.75, 3.05) is 6.26 Å². The molecule has 1 rings (SSSR count). The lowest BCUT2D eigenvalue weighted by molar-refractivity contribution is 0.0689. The average Bonchev–Trinajstić information content (AvgIpc) is 2.03. The molecule has 0 atom stereocenters. The molecule has 0 aliphatic heterocycles. The molecule has 0 aliphatic carbocycles. The lowest BCUT2D eigenvalue weighted by atomic mass is 10.5. The first-order valence-electron chi connectivity index (χ1n) is 3.16. The fourth-order valence-electron chi connectivity index (χ4n) is 0.618. The van der Waals surface area contributed by atoms with Crippen molar-refractivity contribution in [3.8, 4) is 0 Å². The van der Waals surface area contributed by atoms with E-state index in [2.05, 4.69) is 9.97 Å². The fourth-order valence-corrected chi connectivity index (χ4v) is 1.11. The van der Waals surface area contributed by atoms with Crippen LogP contribution in [0.4, 0.5) is 0 Å². The van der Waals surface area contributed by atoms with Gasteiger partial charge in [-0.1, -0.05) is 0 Å². The van der Waals surface area contributed by atoms with Gasteiger partial charge in [0.05, 0.1) is 12.4 Å². The van der Waals surface area contributed by atoms with Crippen molar-refractivity contribution >= 4 is 15.8 Å². The van der Waals surface area contributed by atoms with E-state index in [-0.39, 0.29) is 10.7 Å². The molecule has 7 heteroatoms. The molecule has 0 bridgehead atoms. The third-order valence-electron chi connectivity index (χ3n) is 1.23. The van der Waals surface area contributed by atoms with E-state index in [4.69, 9.17) is 5.11 Å². The summed E-state index contributed by atoms with van der Waals surface area (Å²) in [4.78, 5) is 17.2. The molecule has 0 saturated heterocycles. The first-order valence-corrected chi connectivity index (χ1v) is 5.06. The third-order valence-corrected chi connectivity index (χ3v) is 2.20. The predicted molar refractivity (Wildman–Crippen MR) is 42.1 cm³/mol. The SMILES string of the molecule is CS(=O)(=O)c1cnc(C(=O)O)cn1. The number of carboxylic acids is 1. The highest BCUT2D eigenvalue weighted by Gasteiger charge is 2.11. The van der Waals surface area contributed by atoms with Crippen LogP contribution in [0.15, 0.2) is 17.4 Å². The number of aromatic nitrogens is 2. The number of carboxylic acid groups (broad SMARTS) is 1. The first-order chi connectivity index (χ1) is 5.91. The van der Waals surface area contributed by atoms with Gasteiger partial charge in [-0.3, -0.25) is 0 Å². The third kappa shape index (κ3) is 2.22. The quantitative estimate of drug-likeness (QED) is 0.699. The number of nitrogens with zero attached hydrogens (tertiary/aromatic N) is 2. The van der Waals surface area contributed by atoms with Crippen molar-refractivity contribution in [3.63, 3.8) is 0 Å². The molecule has 0 radical (unpaired) electrons. The summed E-state index contributed by atoms with van der Waals surface area (Å²) in [6.45, 7) is 0. The summed E-state index contributed by atoms with van der Waals surface area (Å²) in [6, 6.07) is 0. The maximum atomic E-state index is 10.9. The standard InChI is InChI=1S/C6H6N2O4S/c1-13(11,12)5-3-7-4(2-8-5)6(9)10/h2-3H,1H3,(H,9,10). The molecular formula is C6H6N2O4S. The van der Waals surface area contributed by atoms with Gasteiger partial charge in [0.2, 0.25) is 0 Å². The van der Waals surface area contributed by atoms with Crippen molar-refractivity contribution < 1.29 is 18.3 Å². The summed E-state index contributed by atoms with van der Waals surface area (Å²) in [6.07, 6.45) is 2.79. The van der Waals surface area contributed by atoms with Gasteiger partial charge in [-0.15, -0.1) is 0 Å². The maximum absolute atomic E-state index is 10.9. The topological polar surface area (TPSA) is 97.2 Å². The van der Waals surface area contributed by atoms with E-state index in [9.17, 15) is 13.2 Å². The van der Waals surface area contributed by atoms with Crippen molar-refractivity contribution in [1.29, 1.82) is 0 Å². The molecular weight excluding hydrogens is 196 g/mol. The van der Waals surface area contributed by atoms with Crippen LogP contribution in [0.25, 0.3) is 0 Å². The van der Waals surface area contributed by atoms with Crippen molar-refractivity contribution in [1.82, 2.24) is 9.97 Å². The largest absolute Gasteiger partial charge is 0.476 e. The number of hydrogen-bond acceptors (Lipinski definition) is 5. The summed E-state index contributed by atoms with van der Waals surface area (Å²) >= 11 is 0. The highest BCUT2D eigenvalue weighted by Crippen LogP contribution is 2.02. The molecule has 0 aromatic carbocycles. The first kappa shape index (κ1) is 9.59. The van der Waals surface area contributed by atoms with Gasteiger partial charge in [0.15, 0.2) is 20.6 Å². The Hall–Kier alpha value is -1.50. The van der Waals surface area contributed by atoms with Crippen LogP contribution in [0.1, 0.15) is 10.5 Å². The van der Waals surface area contributed by atoms with Gasteiger partial charge in [-0.2, -0.15) is 0 Å². The highest BCUT2D eigenvalue weighted by atomic mass is 32.2. The van der Waals surface area contributed by atoms with E-state index in [0.29, 0.717) is 0 Å². The van der Waals surface area contributed by atoms with Gasteiger partial charge in [-0.25, -0.2) is 23.2 Å². The summed E-state index contributed by atoms with van der Waals surface area (Å²) in [7, 11) is -3.41. The molecule has 0 spiro atoms. The highest BCUT2D eigenvalue weighted by molar-refractivity contribution is 7.90. The van der Waals surface area contributed by atoms with Crippen LogP contribution in [-0.4, -0.2) is 35.7 Å². The van der Waals surface area contributed by atoms with E-state index in [1.165, 1.54) is 0 Å². The Bertz CT molecular complexity index is 422. The molecule has 0 unspecified atom stereocenters. The molecule has 70 valence electrons. The summed E-state index contributed by atoms with van der Waals surface area (Å²) in [5.74, 6) is -1.24. The van der Waals surface area contributed by atoms with Crippen molar-refractivity contribution in [3.05, 3.63) is 18.1 Å². The van der Waals surface area contributed by atoms with Crippen LogP contribution >= 0.6 is 0 Å². The van der Waals surface area contributed by atoms with Gasteiger partial charge < -0.3 is 5.11 Å². The zero-order valence-corrected chi connectivity index (χ0v) is 7.45. The summed E-state index contributed by atoms with van der Waals surface area (Å²) in [5.41, 5.74) is -0.285. The average molecular weight is 202 g/mol. The maximum Gasteiger partial charge on any atom is 0.356 e. The minimum atomic E-state index is -3.41. The lowest BCUT2D eigenvalue weighted by Crippen LogP contribution is -2.05. The molecule has 1 aromatic rings. The zero-order chi connectivity index (χ0) is 10.1. The number of sulfone groups is 1. The molecule has 0 aliphatic rings. The lowest BCUT2D eigenvalue weighted by Gasteiger charge is -1.96. The number of carbonyl (C=O) groups is 1. The second-order valence-corrected chi connectivity index (χ2v) is 4.28. The van der Waals surface area contributed by atoms with Crippen molar-refractivity contribution in [2.24, 2.45) is 0 Å². The van der Waals surface area contributed by atoms with E-state index < -0.39 is 15.8 Å². The van der Waals surface area contributed by atoms with Crippen LogP contribution in [0.5, 0.6) is 0 Å². The fraction of sp³-hybridized carbons (Fsp3) is 0.167. The van der Waals surface area contributed by atoms with Crippen LogP contribution < -0.4 is 0 Å². The van der Waals surface area contributed by atoms with Crippen LogP contribution in [-0.2, 0) is 9.84 Å². The van der Waals surface area contributed by atoms with Gasteiger partial charge in [-0.05, 0) is 0 Å². The predicted octanol–water partition coefficient (Wildman–Crippen LogP) is -0.422. The number of rotatable bonds is 2. The minimum absolute atomic E-state index is 0.238. The molecule has 0 fully saturated rings. The molecule has 0 amide bonds. The van der Waals surface area contributed by atoms with Crippen LogP contribution in [0.2, 0.25) is 0 Å². The molecule has 6 nitrogen and oxygen atoms in total. The minimum Gasteiger partial charge on any atom is -0.476 e. The second kappa shape index (κ2) is 3.09. The normalized spacial score (nSPS) is 11.2. The van der Waals surface area contributed by atoms with E-state index in [0.717, 1.165) is 18.6 Å². The summed E-state index contributed by atoms with van der Waals surface area (Å²) in [5, 5.41) is 8.19. The molecule has 1 heterocycles. The number of aromatic carboxylic acids is 1. The smallest absolute Gasteiger partial charge is 0.356 e. The van der Waals surface area contributed by atoms with Crippen LogP contribution in [0, 0.1) is 0 Å². The van der Waals surface area contributed by atoms with Gasteiger partial charge >= 0.3 is 5.97 Å². The van der Waals surface area contributed by atoms with E-state index >= 15 is 0 Å². The monoisotopic (exact) mass is 202 g/mol. The Balaban J connectivity index is 3.16. The molecule has 0 saturated carbocycles. The zero-order valence-electron chi connectivity index (χ0n) is 6.63. The molecule has 13 heavy (non-hydrogen) atoms. The second-order valence-electron chi connectivity index (χ2n) is 2.32.